The summed E-state index contributed by atoms with van der Waals surface area (Å²) in [5, 5.41) is 0. The van der Waals surface area contributed by atoms with Crippen LogP contribution < -0.4 is 0 Å². The van der Waals surface area contributed by atoms with Crippen molar-refractivity contribution >= 4 is 46.9 Å². The molecule has 498 valence electrons. The molecule has 0 heterocycles. The summed E-state index contributed by atoms with van der Waals surface area (Å²) >= 11 is -3.58. The van der Waals surface area contributed by atoms with Crippen LogP contribution in [-0.4, -0.2) is 77.6 Å². The SMILES string of the molecule is CCCCCCCCOP(=O)(O)OP(=O)(O)OCCCCCCCC.CCCCCCCCOP(=O)(O)OP(=O)(O)OCCCCCCCC.CCCCCCCCOP(=O)(O)OP(=O)(OCCCCCCCC)OC(C)C.[O]=[Ti]([OH])[OH]. The van der Waals surface area contributed by atoms with Crippen molar-refractivity contribution in [3.8, 4) is 0 Å². The first-order chi connectivity index (χ1) is 38.6. The van der Waals surface area contributed by atoms with Gasteiger partial charge < -0.3 is 24.5 Å². The summed E-state index contributed by atoms with van der Waals surface area (Å²) in [5.74, 6) is 0. The molecule has 24 nitrogen and oxygen atoms in total. The summed E-state index contributed by atoms with van der Waals surface area (Å²) in [4.78, 5) is 47.8. The van der Waals surface area contributed by atoms with E-state index in [-0.39, 0.29) is 39.6 Å². The van der Waals surface area contributed by atoms with Gasteiger partial charge in [-0.1, -0.05) is 234 Å². The van der Waals surface area contributed by atoms with Gasteiger partial charge in [0.15, 0.2) is 0 Å². The van der Waals surface area contributed by atoms with Crippen molar-refractivity contribution in [3.05, 3.63) is 0 Å². The van der Waals surface area contributed by atoms with Crippen molar-refractivity contribution in [1.29, 1.82) is 0 Å². The number of hydrogen-bond acceptors (Lipinski definition) is 17. The van der Waals surface area contributed by atoms with Crippen LogP contribution in [0.4, 0.5) is 0 Å². The molecule has 0 amide bonds. The van der Waals surface area contributed by atoms with Crippen LogP contribution in [0, 0.1) is 0 Å². The number of phosphoric acid groups is 6. The quantitative estimate of drug-likeness (QED) is 0.0169. The van der Waals surface area contributed by atoms with Crippen LogP contribution in [0.3, 0.4) is 0 Å². The Morgan fingerprint density at radius 2 is 0.451 bits per heavy atom. The second kappa shape index (κ2) is 59.8. The third kappa shape index (κ3) is 73.7. The van der Waals surface area contributed by atoms with E-state index in [9.17, 15) is 51.9 Å². The van der Waals surface area contributed by atoms with Gasteiger partial charge in [0.1, 0.15) is 0 Å². The van der Waals surface area contributed by atoms with Crippen molar-refractivity contribution in [2.75, 3.05) is 39.6 Å². The minimum absolute atomic E-state index is 0.0112. The van der Waals surface area contributed by atoms with Crippen molar-refractivity contribution in [2.24, 2.45) is 0 Å². The Labute approximate surface area is 502 Å². The Balaban J connectivity index is -0.000000538. The van der Waals surface area contributed by atoms with Crippen molar-refractivity contribution in [3.63, 3.8) is 0 Å². The molecule has 0 saturated heterocycles. The predicted octanol–water partition coefficient (Wildman–Crippen LogP) is 18.1. The molecular weight excluding hydrogens is 1230 g/mol. The molecule has 0 aliphatic heterocycles. The summed E-state index contributed by atoms with van der Waals surface area (Å²) in [7, 11) is -27.0. The second-order valence-corrected chi connectivity index (χ2v) is 30.3. The van der Waals surface area contributed by atoms with E-state index in [4.69, 9.17) is 46.7 Å². The Hall–Kier alpha value is 1.21. The van der Waals surface area contributed by atoms with Gasteiger partial charge in [-0.3, -0.25) is 31.7 Å². The van der Waals surface area contributed by atoms with E-state index < -0.39 is 71.7 Å². The van der Waals surface area contributed by atoms with E-state index in [1.807, 2.05) is 0 Å². The van der Waals surface area contributed by atoms with Gasteiger partial charge in [0.25, 0.3) is 0 Å². The molecule has 7 N–H and O–H groups in total. The van der Waals surface area contributed by atoms with Crippen LogP contribution in [0.1, 0.15) is 287 Å². The van der Waals surface area contributed by atoms with E-state index >= 15 is 0 Å². The van der Waals surface area contributed by atoms with E-state index in [1.54, 1.807) is 13.8 Å². The number of unbranched alkanes of at least 4 members (excludes halogenated alkanes) is 30. The van der Waals surface area contributed by atoms with Crippen LogP contribution in [0.2, 0.25) is 0 Å². The molecule has 0 saturated carbocycles. The molecule has 6 unspecified atom stereocenters. The summed E-state index contributed by atoms with van der Waals surface area (Å²) in [5.41, 5.74) is 0. The Morgan fingerprint density at radius 3 is 0.634 bits per heavy atom. The Morgan fingerprint density at radius 1 is 0.293 bits per heavy atom. The molecule has 82 heavy (non-hydrogen) atoms. The van der Waals surface area contributed by atoms with Crippen LogP contribution in [0.25, 0.3) is 0 Å². The monoisotopic (exact) mass is 1350 g/mol. The molecule has 31 heteroatoms. The molecule has 0 rings (SSSR count). The molecule has 0 spiro atoms. The summed E-state index contributed by atoms with van der Waals surface area (Å²) < 4.78 is 142. The summed E-state index contributed by atoms with van der Waals surface area (Å²) in [6.07, 6.45) is 35.8. The fourth-order valence-corrected chi connectivity index (χ4v) is 14.3. The standard InChI is InChI=1S/C19H42O7P2.2C16H36O7P2.2H2O.O.Ti/c1-5-7-9-11-13-15-17-23-27(20,21)26-28(22,25-19(3)4)24-18-16-14-12-10-8-6-2;2*1-3-5-7-9-11-13-15-21-24(17,18)23-25(19,20)22-16-14-12-10-8-6-4-2;;;;/h19H,5-18H2,1-4H3,(H,20,21);2*3-16H2,1-2H3,(H,17,18)(H,19,20);2*1H2;;/q;;;;;;+2/p-2. The first kappa shape index (κ1) is 89.6. The zero-order chi connectivity index (χ0) is 62.9. The normalized spacial score (nSPS) is 15.9. The van der Waals surface area contributed by atoms with Crippen LogP contribution >= 0.6 is 46.9 Å². The van der Waals surface area contributed by atoms with Crippen LogP contribution in [-0.2, 0) is 93.9 Å². The van der Waals surface area contributed by atoms with E-state index in [0.29, 0.717) is 38.5 Å². The molecule has 0 radical (unpaired) electrons. The van der Waals surface area contributed by atoms with Crippen LogP contribution in [0.15, 0.2) is 0 Å². The third-order valence-corrected chi connectivity index (χ3v) is 20.1. The predicted molar refractivity (Wildman–Crippen MR) is 317 cm³/mol. The second-order valence-electron chi connectivity index (χ2n) is 20.1. The zero-order valence-electron chi connectivity index (χ0n) is 51.5. The van der Waals surface area contributed by atoms with Gasteiger partial charge in [0, 0.05) is 0 Å². The molecule has 0 bridgehead atoms. The fourth-order valence-electron chi connectivity index (χ4n) is 7.21. The molecule has 0 aliphatic carbocycles. The fraction of sp³-hybridized carbons (Fsp3) is 1.00. The molecule has 0 fully saturated rings. The minimum atomic E-state index is -4.58. The molecule has 0 aromatic rings. The van der Waals surface area contributed by atoms with Crippen molar-refractivity contribution in [2.45, 2.75) is 293 Å². The maximum absolute atomic E-state index is 12.7. The third-order valence-electron chi connectivity index (χ3n) is 11.5. The van der Waals surface area contributed by atoms with Gasteiger partial charge in [-0.15, -0.1) is 0 Å². The van der Waals surface area contributed by atoms with Gasteiger partial charge in [-0.2, -0.15) is 12.9 Å². The van der Waals surface area contributed by atoms with Crippen LogP contribution in [0.5, 0.6) is 0 Å². The average molecular weight is 1350 g/mol. The van der Waals surface area contributed by atoms with Gasteiger partial charge in [-0.05, 0) is 52.4 Å². The van der Waals surface area contributed by atoms with Gasteiger partial charge in [-0.25, -0.2) is 27.4 Å². The molecule has 0 aliphatic rings. The summed E-state index contributed by atoms with van der Waals surface area (Å²) in [6, 6.07) is 0. The molecular formula is C51H116O24P6Ti. The first-order valence-electron chi connectivity index (χ1n) is 30.5. The van der Waals surface area contributed by atoms with Gasteiger partial charge in [0.05, 0.1) is 45.7 Å². The van der Waals surface area contributed by atoms with E-state index in [1.165, 1.54) is 51.4 Å². The number of hydrogen-bond donors (Lipinski definition) is 7. The Kier molecular flexibility index (Phi) is 65.4. The average Bonchev–Trinajstić information content (AvgIpc) is 3.38. The topological polar surface area (TPSA) is 353 Å². The first-order valence-corrected chi connectivity index (χ1v) is 41.5. The number of rotatable bonds is 56. The maximum atomic E-state index is 12.7. The number of phosphoric ester groups is 6. The van der Waals surface area contributed by atoms with E-state index in [2.05, 4.69) is 50.2 Å². The summed E-state index contributed by atoms with van der Waals surface area (Å²) in [6.45, 7) is 16.4. The Bertz CT molecular complexity index is 1590. The van der Waals surface area contributed by atoms with Crippen molar-refractivity contribution in [1.82, 2.24) is 0 Å². The van der Waals surface area contributed by atoms with E-state index in [0.717, 1.165) is 141 Å². The zero-order valence-corrected chi connectivity index (χ0v) is 58.5. The van der Waals surface area contributed by atoms with Crippen molar-refractivity contribution < 1.29 is 126 Å². The van der Waals surface area contributed by atoms with Gasteiger partial charge in [0.2, 0.25) is 0 Å². The van der Waals surface area contributed by atoms with Gasteiger partial charge >= 0.3 is 76.3 Å². The molecule has 0 aromatic heterocycles. The molecule has 0 aromatic carbocycles. The molecule has 6 atom stereocenters.